The Morgan fingerprint density at radius 1 is 1.25 bits per heavy atom. The maximum absolute atomic E-state index is 12.2. The molecule has 5 heteroatoms. The summed E-state index contributed by atoms with van der Waals surface area (Å²) >= 11 is 0. The summed E-state index contributed by atoms with van der Waals surface area (Å²) in [6.45, 7) is 5.81. The third-order valence-electron chi connectivity index (χ3n) is 1.79. The van der Waals surface area contributed by atoms with Gasteiger partial charge >= 0.3 is 6.18 Å². The van der Waals surface area contributed by atoms with Gasteiger partial charge in [-0.1, -0.05) is 19.9 Å². The zero-order valence-electron chi connectivity index (χ0n) is 9.85. The first-order valence-electron chi connectivity index (χ1n) is 4.98. The number of aromatic nitrogens is 1. The van der Waals surface area contributed by atoms with Crippen LogP contribution in [0.4, 0.5) is 13.2 Å². The third kappa shape index (κ3) is 4.18. The van der Waals surface area contributed by atoms with E-state index >= 15 is 0 Å². The number of rotatable bonds is 2. The van der Waals surface area contributed by atoms with Gasteiger partial charge in [0.15, 0.2) is 0 Å². The second-order valence-electron chi connectivity index (χ2n) is 2.87. The van der Waals surface area contributed by atoms with Crippen LogP contribution in [0, 0.1) is 6.92 Å². The molecule has 0 N–H and O–H groups in total. The fourth-order valence-electron chi connectivity index (χ4n) is 1.06. The van der Waals surface area contributed by atoms with Crippen LogP contribution in [0.5, 0.6) is 0 Å². The van der Waals surface area contributed by atoms with E-state index in [-0.39, 0.29) is 6.61 Å². The molecule has 0 aliphatic rings. The summed E-state index contributed by atoms with van der Waals surface area (Å²) in [5.41, 5.74) is 0.150. The first kappa shape index (κ1) is 14.9. The highest BCUT2D eigenvalue weighted by atomic mass is 19.4. The number of halogens is 3. The highest BCUT2D eigenvalue weighted by molar-refractivity contribution is 5.22. The van der Waals surface area contributed by atoms with Crippen LogP contribution in [0.2, 0.25) is 0 Å². The Bertz CT molecular complexity index is 323. The summed E-state index contributed by atoms with van der Waals surface area (Å²) < 4.78 is 41.4. The van der Waals surface area contributed by atoms with Crippen molar-refractivity contribution in [2.75, 3.05) is 7.11 Å². The standard InChI is InChI=1S/C9H10F3NO.C2H6/c1-6-7(5-14-2)3-4-8(13-6)9(10,11)12;1-2/h3-4H,5H2,1-2H3;1-2H3. The van der Waals surface area contributed by atoms with Crippen molar-refractivity contribution in [2.45, 2.75) is 33.6 Å². The number of aryl methyl sites for hydroxylation is 1. The van der Waals surface area contributed by atoms with Gasteiger partial charge in [0.25, 0.3) is 0 Å². The fourth-order valence-corrected chi connectivity index (χ4v) is 1.06. The first-order valence-corrected chi connectivity index (χ1v) is 4.98. The molecular weight excluding hydrogens is 219 g/mol. The molecule has 0 bridgehead atoms. The van der Waals surface area contributed by atoms with Crippen LogP contribution >= 0.6 is 0 Å². The molecule has 16 heavy (non-hydrogen) atoms. The predicted octanol–water partition coefficient (Wildman–Crippen LogP) is 3.58. The van der Waals surface area contributed by atoms with Gasteiger partial charge in [0.2, 0.25) is 0 Å². The van der Waals surface area contributed by atoms with Gasteiger partial charge in [0, 0.05) is 12.8 Å². The maximum atomic E-state index is 12.2. The average molecular weight is 235 g/mol. The van der Waals surface area contributed by atoms with Crippen LogP contribution in [0.25, 0.3) is 0 Å². The van der Waals surface area contributed by atoms with Crippen LogP contribution in [0.1, 0.15) is 30.8 Å². The van der Waals surface area contributed by atoms with Gasteiger partial charge in [-0.2, -0.15) is 13.2 Å². The molecule has 1 rings (SSSR count). The van der Waals surface area contributed by atoms with Crippen molar-refractivity contribution in [1.29, 1.82) is 0 Å². The van der Waals surface area contributed by atoms with E-state index in [4.69, 9.17) is 4.74 Å². The van der Waals surface area contributed by atoms with Crippen LogP contribution < -0.4 is 0 Å². The molecule has 0 unspecified atom stereocenters. The molecule has 0 fully saturated rings. The Balaban J connectivity index is 0.00000106. The second kappa shape index (κ2) is 6.48. The van der Waals surface area contributed by atoms with Crippen LogP contribution in [0.3, 0.4) is 0 Å². The van der Waals surface area contributed by atoms with Crippen LogP contribution in [-0.4, -0.2) is 12.1 Å². The molecule has 0 saturated carbocycles. The predicted molar refractivity (Wildman–Crippen MR) is 56.0 cm³/mol. The highest BCUT2D eigenvalue weighted by Gasteiger charge is 2.32. The summed E-state index contributed by atoms with van der Waals surface area (Å²) in [5, 5.41) is 0. The van der Waals surface area contributed by atoms with E-state index in [9.17, 15) is 13.2 Å². The number of pyridine rings is 1. The molecule has 2 nitrogen and oxygen atoms in total. The number of alkyl halides is 3. The number of nitrogens with zero attached hydrogens (tertiary/aromatic N) is 1. The topological polar surface area (TPSA) is 22.1 Å². The quantitative estimate of drug-likeness (QED) is 0.781. The summed E-state index contributed by atoms with van der Waals surface area (Å²) in [5.74, 6) is 0. The fraction of sp³-hybridized carbons (Fsp3) is 0.545. The van der Waals surface area contributed by atoms with E-state index in [1.165, 1.54) is 20.1 Å². The van der Waals surface area contributed by atoms with E-state index < -0.39 is 11.9 Å². The summed E-state index contributed by atoms with van der Waals surface area (Å²) in [6, 6.07) is 2.34. The normalized spacial score (nSPS) is 10.7. The van der Waals surface area contributed by atoms with E-state index in [0.29, 0.717) is 11.3 Å². The minimum Gasteiger partial charge on any atom is -0.380 e. The Hall–Kier alpha value is -1.10. The molecule has 0 saturated heterocycles. The molecule has 0 amide bonds. The first-order chi connectivity index (χ1) is 7.45. The van der Waals surface area contributed by atoms with Crippen molar-refractivity contribution in [3.8, 4) is 0 Å². The number of ether oxygens (including phenoxy) is 1. The third-order valence-corrected chi connectivity index (χ3v) is 1.79. The van der Waals surface area contributed by atoms with Gasteiger partial charge in [-0.25, -0.2) is 4.98 Å². The van der Waals surface area contributed by atoms with E-state index in [2.05, 4.69) is 4.98 Å². The average Bonchev–Trinajstić information content (AvgIpc) is 2.23. The number of hydrogen-bond acceptors (Lipinski definition) is 2. The van der Waals surface area contributed by atoms with Gasteiger partial charge < -0.3 is 4.74 Å². The molecular formula is C11H16F3NO. The van der Waals surface area contributed by atoms with Crippen molar-refractivity contribution in [2.24, 2.45) is 0 Å². The molecule has 0 aliphatic carbocycles. The molecule has 0 atom stereocenters. The van der Waals surface area contributed by atoms with Crippen molar-refractivity contribution in [1.82, 2.24) is 4.98 Å². The molecule has 0 spiro atoms. The zero-order valence-corrected chi connectivity index (χ0v) is 9.85. The molecule has 92 valence electrons. The van der Waals surface area contributed by atoms with Crippen LogP contribution in [-0.2, 0) is 17.5 Å². The lowest BCUT2D eigenvalue weighted by molar-refractivity contribution is -0.141. The van der Waals surface area contributed by atoms with Gasteiger partial charge in [-0.05, 0) is 18.6 Å². The van der Waals surface area contributed by atoms with E-state index in [0.717, 1.165) is 6.07 Å². The molecule has 1 heterocycles. The van der Waals surface area contributed by atoms with E-state index in [1.54, 1.807) is 0 Å². The van der Waals surface area contributed by atoms with Crippen molar-refractivity contribution >= 4 is 0 Å². The molecule has 1 aromatic heterocycles. The largest absolute Gasteiger partial charge is 0.433 e. The Kier molecular flexibility index (Phi) is 6.03. The Morgan fingerprint density at radius 2 is 1.81 bits per heavy atom. The zero-order chi connectivity index (χ0) is 12.8. The lowest BCUT2D eigenvalue weighted by Crippen LogP contribution is -2.09. The van der Waals surface area contributed by atoms with Gasteiger partial charge in [0.1, 0.15) is 5.69 Å². The summed E-state index contributed by atoms with van der Waals surface area (Å²) in [4.78, 5) is 3.46. The van der Waals surface area contributed by atoms with Crippen molar-refractivity contribution < 1.29 is 17.9 Å². The minimum absolute atomic E-state index is 0.275. The highest BCUT2D eigenvalue weighted by Crippen LogP contribution is 2.28. The van der Waals surface area contributed by atoms with Gasteiger partial charge in [-0.3, -0.25) is 0 Å². The number of methoxy groups -OCH3 is 1. The van der Waals surface area contributed by atoms with Crippen molar-refractivity contribution in [3.05, 3.63) is 29.1 Å². The smallest absolute Gasteiger partial charge is 0.380 e. The Labute approximate surface area is 93.5 Å². The van der Waals surface area contributed by atoms with Gasteiger partial charge in [-0.15, -0.1) is 0 Å². The SMILES string of the molecule is CC.COCc1ccc(C(F)(F)F)nc1C. The van der Waals surface area contributed by atoms with Crippen LogP contribution in [0.15, 0.2) is 12.1 Å². The van der Waals surface area contributed by atoms with E-state index in [1.807, 2.05) is 13.8 Å². The maximum Gasteiger partial charge on any atom is 0.433 e. The minimum atomic E-state index is -4.38. The van der Waals surface area contributed by atoms with Crippen molar-refractivity contribution in [3.63, 3.8) is 0 Å². The Morgan fingerprint density at radius 3 is 2.19 bits per heavy atom. The lowest BCUT2D eigenvalue weighted by atomic mass is 10.2. The second-order valence-corrected chi connectivity index (χ2v) is 2.87. The lowest BCUT2D eigenvalue weighted by Gasteiger charge is -2.09. The summed E-state index contributed by atoms with van der Waals surface area (Å²) in [7, 11) is 1.48. The molecule has 1 aromatic rings. The van der Waals surface area contributed by atoms with Gasteiger partial charge in [0.05, 0.1) is 6.61 Å². The molecule has 0 aliphatic heterocycles. The monoisotopic (exact) mass is 235 g/mol. The number of hydrogen-bond donors (Lipinski definition) is 0. The molecule has 0 aromatic carbocycles. The summed E-state index contributed by atoms with van der Waals surface area (Å²) in [6.07, 6.45) is -4.38. The molecule has 0 radical (unpaired) electrons.